The van der Waals surface area contributed by atoms with E-state index in [1.807, 2.05) is 19.1 Å². The summed E-state index contributed by atoms with van der Waals surface area (Å²) >= 11 is 0. The van der Waals surface area contributed by atoms with Crippen molar-refractivity contribution < 1.29 is 9.47 Å². The maximum Gasteiger partial charge on any atom is 0.131 e. The van der Waals surface area contributed by atoms with Gasteiger partial charge in [-0.15, -0.1) is 0 Å². The molecule has 1 aromatic heterocycles. The summed E-state index contributed by atoms with van der Waals surface area (Å²) in [4.78, 5) is 4.34. The molecule has 1 heterocycles. The second-order valence-electron chi connectivity index (χ2n) is 4.22. The summed E-state index contributed by atoms with van der Waals surface area (Å²) < 4.78 is 10.4. The van der Waals surface area contributed by atoms with E-state index in [1.54, 1.807) is 32.4 Å². The fraction of sp³-hybridized carbons (Fsp3) is 0.200. The molecule has 102 valence electrons. The molecule has 0 saturated heterocycles. The van der Waals surface area contributed by atoms with Gasteiger partial charge in [0.2, 0.25) is 0 Å². The highest BCUT2D eigenvalue weighted by molar-refractivity contribution is 5.62. The molecule has 1 N–H and O–H groups in total. The quantitative estimate of drug-likeness (QED) is 0.924. The lowest BCUT2D eigenvalue weighted by Crippen LogP contribution is -1.97. The van der Waals surface area contributed by atoms with Gasteiger partial charge in [-0.3, -0.25) is 0 Å². The molecule has 2 aromatic rings. The van der Waals surface area contributed by atoms with Crippen molar-refractivity contribution in [2.75, 3.05) is 19.5 Å². The minimum atomic E-state index is 0.565. The second-order valence-corrected chi connectivity index (χ2v) is 4.22. The number of nitrogens with one attached hydrogen (secondary N) is 1. The molecule has 0 aliphatic heterocycles. The third-order valence-electron chi connectivity index (χ3n) is 2.71. The van der Waals surface area contributed by atoms with Gasteiger partial charge in [-0.2, -0.15) is 5.26 Å². The van der Waals surface area contributed by atoms with Gasteiger partial charge in [-0.1, -0.05) is 0 Å². The summed E-state index contributed by atoms with van der Waals surface area (Å²) in [6.07, 6.45) is 0. The minimum absolute atomic E-state index is 0.565. The van der Waals surface area contributed by atoms with E-state index in [2.05, 4.69) is 16.4 Å². The number of methoxy groups -OCH3 is 2. The largest absolute Gasteiger partial charge is 0.497 e. The SMILES string of the molecule is COc1cc(Nc2cc(C#N)cc(C)n2)cc(OC)c1. The second kappa shape index (κ2) is 5.93. The van der Waals surface area contributed by atoms with Crippen molar-refractivity contribution in [1.29, 1.82) is 5.26 Å². The van der Waals surface area contributed by atoms with Gasteiger partial charge >= 0.3 is 0 Å². The molecular formula is C15H15N3O2. The van der Waals surface area contributed by atoms with Crippen LogP contribution in [0.15, 0.2) is 30.3 Å². The highest BCUT2D eigenvalue weighted by Gasteiger charge is 2.04. The Kier molecular flexibility index (Phi) is 4.06. The molecule has 5 heteroatoms. The van der Waals surface area contributed by atoms with Crippen LogP contribution >= 0.6 is 0 Å². The first-order valence-corrected chi connectivity index (χ1v) is 6.03. The first kappa shape index (κ1) is 13.7. The fourth-order valence-electron chi connectivity index (χ4n) is 1.82. The lowest BCUT2D eigenvalue weighted by molar-refractivity contribution is 0.395. The van der Waals surface area contributed by atoms with Gasteiger partial charge < -0.3 is 14.8 Å². The highest BCUT2D eigenvalue weighted by atomic mass is 16.5. The molecule has 0 aliphatic rings. The lowest BCUT2D eigenvalue weighted by atomic mass is 10.2. The van der Waals surface area contributed by atoms with Gasteiger partial charge in [0.1, 0.15) is 17.3 Å². The Hall–Kier alpha value is -2.74. The molecule has 0 spiro atoms. The summed E-state index contributed by atoms with van der Waals surface area (Å²) in [7, 11) is 3.19. The topological polar surface area (TPSA) is 67.2 Å². The standard InChI is InChI=1S/C15H15N3O2/c1-10-4-11(9-16)5-15(17-10)18-12-6-13(19-2)8-14(7-12)20-3/h4-8H,1-3H3,(H,17,18). The van der Waals surface area contributed by atoms with E-state index in [0.717, 1.165) is 11.4 Å². The number of hydrogen-bond donors (Lipinski definition) is 1. The molecule has 0 bridgehead atoms. The van der Waals surface area contributed by atoms with Crippen LogP contribution < -0.4 is 14.8 Å². The van der Waals surface area contributed by atoms with Crippen molar-refractivity contribution in [3.63, 3.8) is 0 Å². The van der Waals surface area contributed by atoms with Crippen LogP contribution in [0.5, 0.6) is 11.5 Å². The Morgan fingerprint density at radius 1 is 1.05 bits per heavy atom. The fourth-order valence-corrected chi connectivity index (χ4v) is 1.82. The predicted octanol–water partition coefficient (Wildman–Crippen LogP) is 3.02. The van der Waals surface area contributed by atoms with Crippen molar-refractivity contribution in [1.82, 2.24) is 4.98 Å². The third-order valence-corrected chi connectivity index (χ3v) is 2.71. The van der Waals surface area contributed by atoms with Gasteiger partial charge in [0.05, 0.1) is 25.9 Å². The third kappa shape index (κ3) is 3.18. The Bertz CT molecular complexity index is 640. The minimum Gasteiger partial charge on any atom is -0.497 e. The van der Waals surface area contributed by atoms with Crippen molar-refractivity contribution in [3.05, 3.63) is 41.6 Å². The van der Waals surface area contributed by atoms with E-state index in [1.165, 1.54) is 0 Å². The van der Waals surface area contributed by atoms with E-state index in [-0.39, 0.29) is 0 Å². The zero-order valence-corrected chi connectivity index (χ0v) is 11.6. The molecule has 0 unspecified atom stereocenters. The smallest absolute Gasteiger partial charge is 0.131 e. The van der Waals surface area contributed by atoms with Crippen LogP contribution in [-0.4, -0.2) is 19.2 Å². The van der Waals surface area contributed by atoms with Crippen LogP contribution in [0.2, 0.25) is 0 Å². The Labute approximate surface area is 117 Å². The van der Waals surface area contributed by atoms with Crippen molar-refractivity contribution in [2.24, 2.45) is 0 Å². The van der Waals surface area contributed by atoms with Crippen LogP contribution in [0.3, 0.4) is 0 Å². The number of benzene rings is 1. The Morgan fingerprint density at radius 2 is 1.70 bits per heavy atom. The van der Waals surface area contributed by atoms with Crippen molar-refractivity contribution in [2.45, 2.75) is 6.92 Å². The van der Waals surface area contributed by atoms with E-state index < -0.39 is 0 Å². The van der Waals surface area contributed by atoms with Gasteiger partial charge in [0, 0.05) is 29.6 Å². The number of nitrogens with zero attached hydrogens (tertiary/aromatic N) is 2. The van der Waals surface area contributed by atoms with Crippen molar-refractivity contribution >= 4 is 11.5 Å². The van der Waals surface area contributed by atoms with Gasteiger partial charge in [-0.05, 0) is 19.1 Å². The van der Waals surface area contributed by atoms with Crippen molar-refractivity contribution in [3.8, 4) is 17.6 Å². The maximum absolute atomic E-state index is 8.97. The van der Waals surface area contributed by atoms with Crippen LogP contribution in [0.4, 0.5) is 11.5 Å². The molecule has 5 nitrogen and oxygen atoms in total. The highest BCUT2D eigenvalue weighted by Crippen LogP contribution is 2.27. The number of aromatic nitrogens is 1. The van der Waals surface area contributed by atoms with Crippen LogP contribution in [-0.2, 0) is 0 Å². The molecule has 1 aromatic carbocycles. The maximum atomic E-state index is 8.97. The number of pyridine rings is 1. The zero-order valence-electron chi connectivity index (χ0n) is 11.6. The number of nitriles is 1. The molecule has 0 radical (unpaired) electrons. The molecule has 0 fully saturated rings. The van der Waals surface area contributed by atoms with E-state index in [0.29, 0.717) is 22.9 Å². The van der Waals surface area contributed by atoms with E-state index in [4.69, 9.17) is 14.7 Å². The molecule has 0 amide bonds. The molecule has 2 rings (SSSR count). The summed E-state index contributed by atoms with van der Waals surface area (Å²) in [5.74, 6) is 1.97. The summed E-state index contributed by atoms with van der Waals surface area (Å²) in [6, 6.07) is 11.0. The molecule has 0 saturated carbocycles. The predicted molar refractivity (Wildman–Crippen MR) is 76.5 cm³/mol. The first-order valence-electron chi connectivity index (χ1n) is 6.03. The zero-order chi connectivity index (χ0) is 14.5. The average Bonchev–Trinajstić information content (AvgIpc) is 2.46. The summed E-state index contributed by atoms with van der Waals surface area (Å²) in [5, 5.41) is 12.1. The number of anilines is 2. The van der Waals surface area contributed by atoms with Gasteiger partial charge in [0.25, 0.3) is 0 Å². The monoisotopic (exact) mass is 269 g/mol. The first-order chi connectivity index (χ1) is 9.64. The van der Waals surface area contributed by atoms with E-state index in [9.17, 15) is 0 Å². The van der Waals surface area contributed by atoms with Crippen LogP contribution in [0.25, 0.3) is 0 Å². The molecular weight excluding hydrogens is 254 g/mol. The van der Waals surface area contributed by atoms with Crippen LogP contribution in [0, 0.1) is 18.3 Å². The average molecular weight is 269 g/mol. The number of rotatable bonds is 4. The summed E-state index contributed by atoms with van der Waals surface area (Å²) in [6.45, 7) is 1.85. The van der Waals surface area contributed by atoms with Gasteiger partial charge in [0.15, 0.2) is 0 Å². The molecule has 0 aliphatic carbocycles. The lowest BCUT2D eigenvalue weighted by Gasteiger charge is -2.10. The number of ether oxygens (including phenoxy) is 2. The Morgan fingerprint density at radius 3 is 2.25 bits per heavy atom. The van der Waals surface area contributed by atoms with E-state index >= 15 is 0 Å². The van der Waals surface area contributed by atoms with Crippen LogP contribution in [0.1, 0.15) is 11.3 Å². The molecule has 20 heavy (non-hydrogen) atoms. The normalized spacial score (nSPS) is 9.70. The number of aryl methyl sites for hydroxylation is 1. The number of hydrogen-bond acceptors (Lipinski definition) is 5. The molecule has 0 atom stereocenters. The Balaban J connectivity index is 2.34. The van der Waals surface area contributed by atoms with Gasteiger partial charge in [-0.25, -0.2) is 4.98 Å². The summed E-state index contributed by atoms with van der Waals surface area (Å²) in [5.41, 5.74) is 2.12.